The van der Waals surface area contributed by atoms with Crippen molar-refractivity contribution >= 4 is 16.5 Å². The number of nitrogens with one attached hydrogen (secondary N) is 1. The van der Waals surface area contributed by atoms with Crippen molar-refractivity contribution in [3.63, 3.8) is 0 Å². The molecule has 0 aliphatic rings. The number of aryl methyl sites for hydroxylation is 1. The van der Waals surface area contributed by atoms with Crippen molar-refractivity contribution in [3.8, 4) is 0 Å². The lowest BCUT2D eigenvalue weighted by Crippen LogP contribution is -2.40. The standard InChI is InChI=1S/C10H19N3S/c1-7-6-14-9(13-7)12-5-8(11)10(2,3)4/h6,8H,5,11H2,1-4H3,(H,12,13). The van der Waals surface area contributed by atoms with Crippen molar-refractivity contribution in [3.05, 3.63) is 11.1 Å². The van der Waals surface area contributed by atoms with E-state index >= 15 is 0 Å². The lowest BCUT2D eigenvalue weighted by Gasteiger charge is -2.26. The summed E-state index contributed by atoms with van der Waals surface area (Å²) in [5, 5.41) is 6.25. The Balaban J connectivity index is 2.41. The Hall–Kier alpha value is -0.610. The average molecular weight is 213 g/mol. The molecule has 0 saturated carbocycles. The zero-order chi connectivity index (χ0) is 10.8. The molecule has 1 rings (SSSR count). The van der Waals surface area contributed by atoms with Gasteiger partial charge in [-0.15, -0.1) is 11.3 Å². The molecule has 0 aromatic carbocycles. The predicted molar refractivity (Wildman–Crippen MR) is 62.8 cm³/mol. The third-order valence-corrected chi connectivity index (χ3v) is 3.12. The van der Waals surface area contributed by atoms with Crippen LogP contribution in [0.15, 0.2) is 5.38 Å². The molecule has 4 heteroatoms. The van der Waals surface area contributed by atoms with E-state index in [0.717, 1.165) is 17.4 Å². The van der Waals surface area contributed by atoms with Crippen LogP contribution in [-0.2, 0) is 0 Å². The topological polar surface area (TPSA) is 50.9 Å². The van der Waals surface area contributed by atoms with E-state index in [2.05, 4.69) is 31.1 Å². The quantitative estimate of drug-likeness (QED) is 0.809. The highest BCUT2D eigenvalue weighted by molar-refractivity contribution is 7.13. The second-order valence-electron chi connectivity index (χ2n) is 4.65. The third-order valence-electron chi connectivity index (χ3n) is 2.20. The number of hydrogen-bond acceptors (Lipinski definition) is 4. The molecular formula is C10H19N3S. The van der Waals surface area contributed by atoms with E-state index < -0.39 is 0 Å². The van der Waals surface area contributed by atoms with Gasteiger partial charge in [0.25, 0.3) is 0 Å². The van der Waals surface area contributed by atoms with E-state index in [0.29, 0.717) is 0 Å². The van der Waals surface area contributed by atoms with Gasteiger partial charge >= 0.3 is 0 Å². The number of aromatic nitrogens is 1. The highest BCUT2D eigenvalue weighted by Gasteiger charge is 2.20. The lowest BCUT2D eigenvalue weighted by atomic mass is 9.87. The van der Waals surface area contributed by atoms with Crippen molar-refractivity contribution in [2.24, 2.45) is 11.1 Å². The van der Waals surface area contributed by atoms with Gasteiger partial charge in [-0.1, -0.05) is 20.8 Å². The molecule has 14 heavy (non-hydrogen) atoms. The maximum absolute atomic E-state index is 6.02. The van der Waals surface area contributed by atoms with Crippen LogP contribution in [0.4, 0.5) is 5.13 Å². The van der Waals surface area contributed by atoms with Gasteiger partial charge in [0.05, 0.1) is 5.69 Å². The molecule has 0 amide bonds. The van der Waals surface area contributed by atoms with Gasteiger partial charge in [-0.3, -0.25) is 0 Å². The zero-order valence-corrected chi connectivity index (χ0v) is 10.1. The molecule has 0 spiro atoms. The Morgan fingerprint density at radius 3 is 2.64 bits per heavy atom. The fourth-order valence-electron chi connectivity index (χ4n) is 0.939. The Morgan fingerprint density at radius 2 is 2.21 bits per heavy atom. The molecule has 0 fully saturated rings. The molecule has 1 atom stereocenters. The monoisotopic (exact) mass is 213 g/mol. The van der Waals surface area contributed by atoms with Crippen LogP contribution in [-0.4, -0.2) is 17.6 Å². The number of thiazole rings is 1. The highest BCUT2D eigenvalue weighted by atomic mass is 32.1. The first-order valence-electron chi connectivity index (χ1n) is 4.81. The minimum Gasteiger partial charge on any atom is -0.360 e. The van der Waals surface area contributed by atoms with Gasteiger partial charge in [0.1, 0.15) is 0 Å². The van der Waals surface area contributed by atoms with Crippen molar-refractivity contribution in [1.82, 2.24) is 4.98 Å². The average Bonchev–Trinajstić information content (AvgIpc) is 2.45. The van der Waals surface area contributed by atoms with E-state index in [1.165, 1.54) is 0 Å². The molecular weight excluding hydrogens is 194 g/mol. The summed E-state index contributed by atoms with van der Waals surface area (Å²) in [4.78, 5) is 4.32. The Kier molecular flexibility index (Phi) is 3.50. The minimum absolute atomic E-state index is 0.138. The molecule has 1 unspecified atom stereocenters. The summed E-state index contributed by atoms with van der Waals surface area (Å²) in [6.45, 7) is 9.20. The normalized spacial score (nSPS) is 14.1. The molecule has 1 heterocycles. The molecule has 0 aliphatic heterocycles. The highest BCUT2D eigenvalue weighted by Crippen LogP contribution is 2.19. The Morgan fingerprint density at radius 1 is 1.57 bits per heavy atom. The third kappa shape index (κ3) is 3.27. The van der Waals surface area contributed by atoms with Gasteiger partial charge in [-0.25, -0.2) is 4.98 Å². The van der Waals surface area contributed by atoms with Crippen LogP contribution in [0.1, 0.15) is 26.5 Å². The number of nitrogens with zero attached hydrogens (tertiary/aromatic N) is 1. The van der Waals surface area contributed by atoms with E-state index in [1.807, 2.05) is 12.3 Å². The maximum atomic E-state index is 6.02. The van der Waals surface area contributed by atoms with Crippen LogP contribution in [0.5, 0.6) is 0 Å². The second-order valence-corrected chi connectivity index (χ2v) is 5.51. The van der Waals surface area contributed by atoms with Gasteiger partial charge in [-0.2, -0.15) is 0 Å². The molecule has 3 nitrogen and oxygen atoms in total. The number of anilines is 1. The van der Waals surface area contributed by atoms with Crippen LogP contribution in [0, 0.1) is 12.3 Å². The minimum atomic E-state index is 0.138. The Labute approximate surface area is 89.7 Å². The van der Waals surface area contributed by atoms with Gasteiger partial charge < -0.3 is 11.1 Å². The second kappa shape index (κ2) is 4.28. The summed E-state index contributed by atoms with van der Waals surface area (Å²) >= 11 is 1.62. The first-order chi connectivity index (χ1) is 6.39. The van der Waals surface area contributed by atoms with Crippen molar-refractivity contribution < 1.29 is 0 Å². The van der Waals surface area contributed by atoms with Crippen molar-refractivity contribution in [1.29, 1.82) is 0 Å². The van der Waals surface area contributed by atoms with E-state index in [9.17, 15) is 0 Å². The molecule has 1 aromatic heterocycles. The summed E-state index contributed by atoms with van der Waals surface area (Å²) in [5.74, 6) is 0. The molecule has 0 bridgehead atoms. The van der Waals surface area contributed by atoms with Crippen LogP contribution in [0.25, 0.3) is 0 Å². The summed E-state index contributed by atoms with van der Waals surface area (Å²) in [6, 6.07) is 0.145. The number of nitrogens with two attached hydrogens (primary N) is 1. The van der Waals surface area contributed by atoms with Crippen LogP contribution in [0.3, 0.4) is 0 Å². The fraction of sp³-hybridized carbons (Fsp3) is 0.700. The smallest absolute Gasteiger partial charge is 0.182 e. The largest absolute Gasteiger partial charge is 0.360 e. The SMILES string of the molecule is Cc1csc(NCC(N)C(C)(C)C)n1. The van der Waals surface area contributed by atoms with Gasteiger partial charge in [-0.05, 0) is 12.3 Å². The molecule has 80 valence electrons. The summed E-state index contributed by atoms with van der Waals surface area (Å²) < 4.78 is 0. The predicted octanol–water partition coefficient (Wildman–Crippen LogP) is 2.24. The molecule has 0 radical (unpaired) electrons. The van der Waals surface area contributed by atoms with Crippen LogP contribution in [0.2, 0.25) is 0 Å². The molecule has 0 aliphatic carbocycles. The number of hydrogen-bond donors (Lipinski definition) is 2. The van der Waals surface area contributed by atoms with E-state index in [1.54, 1.807) is 11.3 Å². The first-order valence-corrected chi connectivity index (χ1v) is 5.69. The maximum Gasteiger partial charge on any atom is 0.182 e. The van der Waals surface area contributed by atoms with E-state index in [4.69, 9.17) is 5.73 Å². The molecule has 3 N–H and O–H groups in total. The summed E-state index contributed by atoms with van der Waals surface area (Å²) in [7, 11) is 0. The van der Waals surface area contributed by atoms with Crippen LogP contribution < -0.4 is 11.1 Å². The summed E-state index contributed by atoms with van der Waals surface area (Å²) in [5.41, 5.74) is 7.22. The zero-order valence-electron chi connectivity index (χ0n) is 9.29. The molecule has 1 aromatic rings. The van der Waals surface area contributed by atoms with E-state index in [-0.39, 0.29) is 11.5 Å². The lowest BCUT2D eigenvalue weighted by molar-refractivity contribution is 0.331. The Bertz CT molecular complexity index is 288. The van der Waals surface area contributed by atoms with Crippen molar-refractivity contribution in [2.45, 2.75) is 33.7 Å². The first kappa shape index (κ1) is 11.5. The molecule has 0 saturated heterocycles. The summed E-state index contributed by atoms with van der Waals surface area (Å²) in [6.07, 6.45) is 0. The van der Waals surface area contributed by atoms with Crippen molar-refractivity contribution in [2.75, 3.05) is 11.9 Å². The van der Waals surface area contributed by atoms with Gasteiger partial charge in [0.15, 0.2) is 5.13 Å². The van der Waals surface area contributed by atoms with Gasteiger partial charge in [0.2, 0.25) is 0 Å². The van der Waals surface area contributed by atoms with Crippen LogP contribution >= 0.6 is 11.3 Å². The fourth-order valence-corrected chi connectivity index (χ4v) is 1.64. The van der Waals surface area contributed by atoms with Gasteiger partial charge in [0, 0.05) is 18.0 Å². The number of rotatable bonds is 3.